The van der Waals surface area contributed by atoms with Gasteiger partial charge in [-0.25, -0.2) is 0 Å². The minimum atomic E-state index is 0.379. The Hall–Kier alpha value is -1.55. The van der Waals surface area contributed by atoms with E-state index in [2.05, 4.69) is 34.6 Å². The van der Waals surface area contributed by atoms with Gasteiger partial charge >= 0.3 is 0 Å². The normalized spacial score (nSPS) is 19.8. The van der Waals surface area contributed by atoms with E-state index in [4.69, 9.17) is 10.5 Å². The highest BCUT2D eigenvalue weighted by atomic mass is 16.5. The fourth-order valence-electron chi connectivity index (χ4n) is 2.40. The molecule has 0 radical (unpaired) electrons. The van der Waals surface area contributed by atoms with E-state index in [1.165, 1.54) is 18.4 Å². The van der Waals surface area contributed by atoms with Crippen molar-refractivity contribution < 1.29 is 4.74 Å². The van der Waals surface area contributed by atoms with Crippen LogP contribution in [0, 0.1) is 0 Å². The lowest BCUT2D eigenvalue weighted by Gasteiger charge is -2.21. The maximum absolute atomic E-state index is 5.85. The quantitative estimate of drug-likeness (QED) is 0.617. The molecule has 4 nitrogen and oxygen atoms in total. The van der Waals surface area contributed by atoms with Gasteiger partial charge in [0, 0.05) is 19.7 Å². The molecule has 1 aliphatic heterocycles. The molecule has 1 unspecified atom stereocenters. The monoisotopic (exact) mass is 275 g/mol. The van der Waals surface area contributed by atoms with Gasteiger partial charge in [-0.15, -0.1) is 0 Å². The topological polar surface area (TPSA) is 59.6 Å². The third-order valence-corrected chi connectivity index (χ3v) is 3.57. The van der Waals surface area contributed by atoms with Crippen LogP contribution in [-0.2, 0) is 11.2 Å². The summed E-state index contributed by atoms with van der Waals surface area (Å²) in [6.07, 6.45) is 5.95. The maximum Gasteiger partial charge on any atom is 0.188 e. The van der Waals surface area contributed by atoms with Crippen molar-refractivity contribution in [2.75, 3.05) is 19.7 Å². The van der Waals surface area contributed by atoms with Crippen LogP contribution in [0.3, 0.4) is 0 Å². The smallest absolute Gasteiger partial charge is 0.188 e. The number of nitrogens with zero attached hydrogens (tertiary/aromatic N) is 1. The number of hydrogen-bond donors (Lipinski definition) is 2. The minimum Gasteiger partial charge on any atom is -0.378 e. The highest BCUT2D eigenvalue weighted by Gasteiger charge is 2.12. The van der Waals surface area contributed by atoms with Crippen LogP contribution in [0.1, 0.15) is 31.2 Å². The van der Waals surface area contributed by atoms with Crippen molar-refractivity contribution in [1.29, 1.82) is 0 Å². The Bertz CT molecular complexity index is 399. The van der Waals surface area contributed by atoms with E-state index in [1.54, 1.807) is 0 Å². The molecule has 0 aliphatic carbocycles. The molecule has 3 N–H and O–H groups in total. The number of aliphatic imine (C=N–C) groups is 1. The average Bonchev–Trinajstić information content (AvgIpc) is 2.49. The number of rotatable bonds is 6. The number of nitrogens with two attached hydrogens (primary N) is 1. The van der Waals surface area contributed by atoms with E-state index >= 15 is 0 Å². The van der Waals surface area contributed by atoms with Gasteiger partial charge in [-0.3, -0.25) is 4.99 Å². The van der Waals surface area contributed by atoms with Gasteiger partial charge in [-0.1, -0.05) is 30.3 Å². The summed E-state index contributed by atoms with van der Waals surface area (Å²) in [6.45, 7) is 2.47. The van der Waals surface area contributed by atoms with Crippen molar-refractivity contribution in [2.24, 2.45) is 10.7 Å². The number of benzene rings is 1. The minimum absolute atomic E-state index is 0.379. The molecule has 1 heterocycles. The largest absolute Gasteiger partial charge is 0.378 e. The first-order chi connectivity index (χ1) is 9.84. The molecule has 1 saturated heterocycles. The van der Waals surface area contributed by atoms with Crippen molar-refractivity contribution >= 4 is 5.96 Å². The van der Waals surface area contributed by atoms with Gasteiger partial charge < -0.3 is 15.8 Å². The van der Waals surface area contributed by atoms with Gasteiger partial charge in [0.2, 0.25) is 0 Å². The van der Waals surface area contributed by atoms with Gasteiger partial charge in [0.1, 0.15) is 0 Å². The van der Waals surface area contributed by atoms with E-state index in [0.29, 0.717) is 12.1 Å². The molecule has 1 aromatic carbocycles. The van der Waals surface area contributed by atoms with Crippen LogP contribution in [0.25, 0.3) is 0 Å². The van der Waals surface area contributed by atoms with Crippen LogP contribution in [0.15, 0.2) is 35.3 Å². The van der Waals surface area contributed by atoms with Crippen LogP contribution in [0.2, 0.25) is 0 Å². The Morgan fingerprint density at radius 3 is 2.90 bits per heavy atom. The Labute approximate surface area is 121 Å². The number of hydrogen-bond acceptors (Lipinski definition) is 2. The molecule has 2 rings (SSSR count). The summed E-state index contributed by atoms with van der Waals surface area (Å²) in [5, 5.41) is 3.16. The molecule has 0 saturated carbocycles. The predicted octanol–water partition coefficient (Wildman–Crippen LogP) is 2.09. The first kappa shape index (κ1) is 14.9. The fourth-order valence-corrected chi connectivity index (χ4v) is 2.40. The Balaban J connectivity index is 1.59. The molecule has 1 aliphatic rings. The van der Waals surface area contributed by atoms with E-state index in [-0.39, 0.29) is 0 Å². The van der Waals surface area contributed by atoms with Crippen molar-refractivity contribution in [3.63, 3.8) is 0 Å². The summed E-state index contributed by atoms with van der Waals surface area (Å²) in [4.78, 5) is 4.35. The van der Waals surface area contributed by atoms with Crippen LogP contribution in [-0.4, -0.2) is 31.8 Å². The highest BCUT2D eigenvalue weighted by Crippen LogP contribution is 2.15. The Morgan fingerprint density at radius 2 is 2.15 bits per heavy atom. The molecular weight excluding hydrogens is 250 g/mol. The maximum atomic E-state index is 5.85. The van der Waals surface area contributed by atoms with Crippen molar-refractivity contribution in [3.05, 3.63) is 35.9 Å². The second-order valence-electron chi connectivity index (χ2n) is 5.21. The summed E-state index contributed by atoms with van der Waals surface area (Å²) >= 11 is 0. The lowest BCUT2D eigenvalue weighted by atomic mass is 10.1. The highest BCUT2D eigenvalue weighted by molar-refractivity contribution is 5.77. The van der Waals surface area contributed by atoms with E-state index in [0.717, 1.165) is 39.0 Å². The number of nitrogens with one attached hydrogen (secondary N) is 1. The molecule has 1 atom stereocenters. The summed E-state index contributed by atoms with van der Waals surface area (Å²) in [5.74, 6) is 0.539. The van der Waals surface area contributed by atoms with E-state index in [9.17, 15) is 0 Å². The molecule has 0 amide bonds. The van der Waals surface area contributed by atoms with E-state index in [1.807, 2.05) is 6.07 Å². The summed E-state index contributed by atoms with van der Waals surface area (Å²) < 4.78 is 5.67. The van der Waals surface area contributed by atoms with Crippen LogP contribution >= 0.6 is 0 Å². The second kappa shape index (κ2) is 8.59. The Morgan fingerprint density at radius 1 is 1.30 bits per heavy atom. The van der Waals surface area contributed by atoms with E-state index < -0.39 is 0 Å². The molecule has 20 heavy (non-hydrogen) atoms. The Kier molecular flexibility index (Phi) is 6.38. The number of ether oxygens (including phenoxy) is 1. The van der Waals surface area contributed by atoms with Gasteiger partial charge in [0.05, 0.1) is 6.10 Å². The summed E-state index contributed by atoms with van der Waals surface area (Å²) in [7, 11) is 0. The van der Waals surface area contributed by atoms with Crippen LogP contribution in [0.4, 0.5) is 0 Å². The molecule has 110 valence electrons. The lowest BCUT2D eigenvalue weighted by molar-refractivity contribution is 0.0129. The summed E-state index contributed by atoms with van der Waals surface area (Å²) in [5.41, 5.74) is 7.16. The molecular formula is C16H25N3O. The predicted molar refractivity (Wildman–Crippen MR) is 82.8 cm³/mol. The first-order valence-electron chi connectivity index (χ1n) is 7.54. The second-order valence-corrected chi connectivity index (χ2v) is 5.21. The molecule has 1 aromatic rings. The lowest BCUT2D eigenvalue weighted by Crippen LogP contribution is -2.33. The zero-order chi connectivity index (χ0) is 14.0. The fraction of sp³-hybridized carbons (Fsp3) is 0.562. The van der Waals surface area contributed by atoms with Crippen molar-refractivity contribution in [2.45, 2.75) is 38.2 Å². The third-order valence-electron chi connectivity index (χ3n) is 3.57. The van der Waals surface area contributed by atoms with Gasteiger partial charge in [-0.05, 0) is 37.7 Å². The standard InChI is InChI=1S/C16H25N3O/c17-16(18-11-9-14-6-2-1-3-7-14)19-12-10-15-8-4-5-13-20-15/h1-3,6-7,15H,4-5,8-13H2,(H3,17,18,19). The zero-order valence-electron chi connectivity index (χ0n) is 12.1. The van der Waals surface area contributed by atoms with Crippen LogP contribution < -0.4 is 11.1 Å². The van der Waals surface area contributed by atoms with Gasteiger partial charge in [0.25, 0.3) is 0 Å². The molecule has 4 heteroatoms. The average molecular weight is 275 g/mol. The SMILES string of the molecule is NC(=NCCC1CCCCO1)NCCc1ccccc1. The first-order valence-corrected chi connectivity index (χ1v) is 7.54. The van der Waals surface area contributed by atoms with Gasteiger partial charge in [0.15, 0.2) is 5.96 Å². The zero-order valence-corrected chi connectivity index (χ0v) is 12.1. The molecule has 0 aromatic heterocycles. The van der Waals surface area contributed by atoms with Gasteiger partial charge in [-0.2, -0.15) is 0 Å². The molecule has 0 bridgehead atoms. The third kappa shape index (κ3) is 5.61. The summed E-state index contributed by atoms with van der Waals surface area (Å²) in [6, 6.07) is 10.4. The van der Waals surface area contributed by atoms with Crippen molar-refractivity contribution in [3.8, 4) is 0 Å². The molecule has 0 spiro atoms. The molecule has 1 fully saturated rings. The van der Waals surface area contributed by atoms with Crippen molar-refractivity contribution in [1.82, 2.24) is 5.32 Å². The number of guanidine groups is 1. The van der Waals surface area contributed by atoms with Crippen LogP contribution in [0.5, 0.6) is 0 Å².